The number of aliphatic hydroxyl groups is 1. The van der Waals surface area contributed by atoms with E-state index in [-0.39, 0.29) is 18.9 Å². The Hall–Kier alpha value is -3.85. The molecule has 0 unspecified atom stereocenters. The molecule has 46 heavy (non-hydrogen) atoms. The Morgan fingerprint density at radius 3 is 2.48 bits per heavy atom. The van der Waals surface area contributed by atoms with E-state index in [1.54, 1.807) is 30.3 Å². The number of nitrogens with one attached hydrogen (secondary N) is 2. The van der Waals surface area contributed by atoms with Gasteiger partial charge in [0.25, 0.3) is 5.91 Å². The number of rotatable bonds is 14. The molecule has 10 heteroatoms. The molecule has 1 heterocycles. The van der Waals surface area contributed by atoms with Gasteiger partial charge in [0.15, 0.2) is 11.6 Å². The van der Waals surface area contributed by atoms with E-state index in [1.807, 2.05) is 78.9 Å². The van der Waals surface area contributed by atoms with Crippen LogP contribution in [0, 0.1) is 0 Å². The number of hydrogen-bond acceptors (Lipinski definition) is 6. The zero-order chi connectivity index (χ0) is 32.4. The molecule has 0 radical (unpaired) electrons. The summed E-state index contributed by atoms with van der Waals surface area (Å²) in [6.45, 7) is 0.908. The molecule has 238 valence electrons. The minimum Gasteiger partial charge on any atom is -0.494 e. The van der Waals surface area contributed by atoms with Crippen LogP contribution in [0.2, 0.25) is 15.1 Å². The number of halogens is 3. The second-order valence-electron chi connectivity index (χ2n) is 10.7. The van der Waals surface area contributed by atoms with E-state index in [0.717, 1.165) is 11.1 Å². The molecule has 5 rings (SSSR count). The first kappa shape index (κ1) is 33.5. The Bertz CT molecular complexity index is 1680. The largest absolute Gasteiger partial charge is 0.494 e. The Kier molecular flexibility index (Phi) is 11.7. The number of ether oxygens (including phenoxy) is 2. The fourth-order valence-electron chi connectivity index (χ4n) is 5.10. The lowest BCUT2D eigenvalue weighted by Crippen LogP contribution is -2.52. The number of carbonyl (C=O) groups excluding carboxylic acids is 1. The summed E-state index contributed by atoms with van der Waals surface area (Å²) in [5.74, 6) is 0.554. The van der Waals surface area contributed by atoms with Gasteiger partial charge in [0, 0.05) is 52.2 Å². The zero-order valence-corrected chi connectivity index (χ0v) is 27.2. The molecule has 1 aliphatic rings. The molecule has 1 aliphatic heterocycles. The van der Waals surface area contributed by atoms with Crippen molar-refractivity contribution in [1.29, 1.82) is 0 Å². The van der Waals surface area contributed by atoms with Crippen LogP contribution in [-0.2, 0) is 16.0 Å². The standard InChI is InChI=1S/C36H34Cl3N3O4/c37-28-11-4-9-26(23-28)18-20-40-42-35(44)36(19-5-10-25-7-2-1-3-8-25)33(31-17-14-29(38)24-32(31)39)46-34(41-36)27-12-15-30(16-13-27)45-22-6-21-43/h1-5,7-17,23-24,33,40,43H,6,18-22H2,(H,42,44)/b10-5+/t33-,36-/m0/s1. The first-order valence-corrected chi connectivity index (χ1v) is 16.1. The Balaban J connectivity index is 1.47. The average Bonchev–Trinajstić information content (AvgIpc) is 3.44. The maximum absolute atomic E-state index is 14.3. The molecule has 3 N–H and O–H groups in total. The third-order valence-corrected chi connectivity index (χ3v) is 8.24. The summed E-state index contributed by atoms with van der Waals surface area (Å²) in [6, 6.07) is 29.8. The van der Waals surface area contributed by atoms with E-state index >= 15 is 0 Å². The Labute approximate surface area is 283 Å². The van der Waals surface area contributed by atoms with Crippen molar-refractivity contribution < 1.29 is 19.4 Å². The molecule has 7 nitrogen and oxygen atoms in total. The van der Waals surface area contributed by atoms with Crippen LogP contribution in [-0.4, -0.2) is 42.2 Å². The topological polar surface area (TPSA) is 92.2 Å². The second kappa shape index (κ2) is 16.1. The Morgan fingerprint density at radius 1 is 0.957 bits per heavy atom. The monoisotopic (exact) mass is 677 g/mol. The van der Waals surface area contributed by atoms with Crippen molar-refractivity contribution >= 4 is 52.7 Å². The summed E-state index contributed by atoms with van der Waals surface area (Å²) in [5, 5.41) is 10.5. The van der Waals surface area contributed by atoms with Crippen LogP contribution in [0.5, 0.6) is 5.75 Å². The SMILES string of the molecule is O=C(NNCCc1cccc(Cl)c1)[C@@]1(C/C=C/c2ccccc2)N=C(c2ccc(OCCCO)cc2)O[C@H]1c1ccc(Cl)cc1Cl. The lowest BCUT2D eigenvalue weighted by atomic mass is 9.84. The molecular formula is C36H34Cl3N3O4. The predicted molar refractivity (Wildman–Crippen MR) is 185 cm³/mol. The molecular weight excluding hydrogens is 645 g/mol. The third-order valence-electron chi connectivity index (χ3n) is 7.44. The van der Waals surface area contributed by atoms with Crippen molar-refractivity contribution in [2.45, 2.75) is 30.9 Å². The number of hydrazine groups is 1. The number of aliphatic imine (C=N–C) groups is 1. The minimum atomic E-state index is -1.43. The predicted octanol–water partition coefficient (Wildman–Crippen LogP) is 7.63. The highest BCUT2D eigenvalue weighted by Crippen LogP contribution is 2.45. The van der Waals surface area contributed by atoms with Crippen molar-refractivity contribution in [3.8, 4) is 5.75 Å². The van der Waals surface area contributed by atoms with Crippen molar-refractivity contribution in [3.63, 3.8) is 0 Å². The Morgan fingerprint density at radius 2 is 1.74 bits per heavy atom. The van der Waals surface area contributed by atoms with Gasteiger partial charge in [-0.15, -0.1) is 0 Å². The van der Waals surface area contributed by atoms with Gasteiger partial charge >= 0.3 is 0 Å². The van der Waals surface area contributed by atoms with Gasteiger partial charge in [0.05, 0.1) is 6.61 Å². The molecule has 4 aromatic rings. The first-order valence-electron chi connectivity index (χ1n) is 14.9. The van der Waals surface area contributed by atoms with E-state index in [4.69, 9.17) is 54.4 Å². The van der Waals surface area contributed by atoms with Gasteiger partial charge in [0.2, 0.25) is 5.90 Å². The van der Waals surface area contributed by atoms with Crippen LogP contribution in [0.1, 0.15) is 41.2 Å². The number of benzene rings is 4. The number of amides is 1. The van der Waals surface area contributed by atoms with E-state index in [9.17, 15) is 4.79 Å². The number of hydrogen-bond donors (Lipinski definition) is 3. The number of carbonyl (C=O) groups is 1. The average molecular weight is 679 g/mol. The molecule has 0 fully saturated rings. The molecule has 0 aliphatic carbocycles. The molecule has 4 aromatic carbocycles. The summed E-state index contributed by atoms with van der Waals surface area (Å²) in [7, 11) is 0. The quantitative estimate of drug-likeness (QED) is 0.0943. The summed E-state index contributed by atoms with van der Waals surface area (Å²) in [5.41, 5.74) is 7.79. The summed E-state index contributed by atoms with van der Waals surface area (Å²) >= 11 is 19.1. The zero-order valence-electron chi connectivity index (χ0n) is 25.0. The van der Waals surface area contributed by atoms with Gasteiger partial charge in [0.1, 0.15) is 5.75 Å². The number of nitrogens with zero attached hydrogens (tertiary/aromatic N) is 1. The number of aliphatic hydroxyl groups excluding tert-OH is 1. The van der Waals surface area contributed by atoms with Crippen molar-refractivity contribution in [2.24, 2.45) is 4.99 Å². The maximum Gasteiger partial charge on any atom is 0.266 e. The van der Waals surface area contributed by atoms with Crippen molar-refractivity contribution in [1.82, 2.24) is 10.9 Å². The molecule has 0 saturated carbocycles. The van der Waals surface area contributed by atoms with Crippen LogP contribution in [0.25, 0.3) is 6.08 Å². The van der Waals surface area contributed by atoms with Crippen molar-refractivity contribution in [2.75, 3.05) is 19.8 Å². The minimum absolute atomic E-state index is 0.0513. The van der Waals surface area contributed by atoms with E-state index < -0.39 is 11.6 Å². The van der Waals surface area contributed by atoms with Gasteiger partial charge in [-0.1, -0.05) is 95.5 Å². The highest BCUT2D eigenvalue weighted by atomic mass is 35.5. The fourth-order valence-corrected chi connectivity index (χ4v) is 5.82. The third kappa shape index (κ3) is 8.49. The summed E-state index contributed by atoms with van der Waals surface area (Å²) in [4.78, 5) is 19.3. The molecule has 2 atom stereocenters. The second-order valence-corrected chi connectivity index (χ2v) is 12.0. The summed E-state index contributed by atoms with van der Waals surface area (Å²) in [6.07, 6.45) is 4.38. The van der Waals surface area contributed by atoms with Gasteiger partial charge in [-0.25, -0.2) is 10.4 Å². The van der Waals surface area contributed by atoms with E-state index in [2.05, 4.69) is 10.9 Å². The lowest BCUT2D eigenvalue weighted by molar-refractivity contribution is -0.129. The van der Waals surface area contributed by atoms with Gasteiger partial charge in [-0.05, 0) is 66.1 Å². The van der Waals surface area contributed by atoms with Crippen molar-refractivity contribution in [3.05, 3.63) is 140 Å². The molecule has 0 spiro atoms. The normalized spacial score (nSPS) is 17.5. The van der Waals surface area contributed by atoms with Crippen LogP contribution in [0.15, 0.2) is 108 Å². The summed E-state index contributed by atoms with van der Waals surface area (Å²) < 4.78 is 12.2. The maximum atomic E-state index is 14.3. The van der Waals surface area contributed by atoms with Crippen LogP contribution < -0.4 is 15.6 Å². The van der Waals surface area contributed by atoms with Gasteiger partial charge in [-0.2, -0.15) is 0 Å². The van der Waals surface area contributed by atoms with Gasteiger partial charge < -0.3 is 14.6 Å². The molecule has 0 bridgehead atoms. The van der Waals surface area contributed by atoms with Gasteiger partial charge in [-0.3, -0.25) is 10.2 Å². The smallest absolute Gasteiger partial charge is 0.266 e. The molecule has 1 amide bonds. The highest BCUT2D eigenvalue weighted by Gasteiger charge is 2.53. The van der Waals surface area contributed by atoms with E-state index in [1.165, 1.54) is 0 Å². The highest BCUT2D eigenvalue weighted by molar-refractivity contribution is 6.35. The lowest BCUT2D eigenvalue weighted by Gasteiger charge is -2.30. The first-order chi connectivity index (χ1) is 22.4. The van der Waals surface area contributed by atoms with Crippen LogP contribution >= 0.6 is 34.8 Å². The van der Waals surface area contributed by atoms with E-state index in [0.29, 0.717) is 63.8 Å². The van der Waals surface area contributed by atoms with Crippen LogP contribution in [0.3, 0.4) is 0 Å². The van der Waals surface area contributed by atoms with Crippen LogP contribution in [0.4, 0.5) is 0 Å². The fraction of sp³-hybridized carbons (Fsp3) is 0.222. The molecule has 0 saturated heterocycles. The molecule has 0 aromatic heterocycles.